The zero-order chi connectivity index (χ0) is 16.1. The lowest BCUT2D eigenvalue weighted by Gasteiger charge is -2.16. The molecule has 0 fully saturated rings. The molecule has 0 saturated heterocycles. The predicted molar refractivity (Wildman–Crippen MR) is 87.0 cm³/mol. The van der Waals surface area contributed by atoms with Gasteiger partial charge in [-0.1, -0.05) is 0 Å². The molecule has 5 heteroatoms. The Labute approximate surface area is 130 Å². The number of ether oxygens (including phenoxy) is 1. The number of hydrogen-bond donors (Lipinski definition) is 2. The highest BCUT2D eigenvalue weighted by Crippen LogP contribution is 2.23. The molecule has 1 aromatic heterocycles. The Hall–Kier alpha value is -2.11. The molecule has 0 spiro atoms. The summed E-state index contributed by atoms with van der Waals surface area (Å²) in [7, 11) is 1.62. The van der Waals surface area contributed by atoms with Crippen molar-refractivity contribution >= 4 is 0 Å². The van der Waals surface area contributed by atoms with Crippen molar-refractivity contribution in [2.45, 2.75) is 26.4 Å². The van der Waals surface area contributed by atoms with Crippen LogP contribution in [0.5, 0.6) is 5.75 Å². The van der Waals surface area contributed by atoms with Crippen molar-refractivity contribution in [1.29, 1.82) is 0 Å². The highest BCUT2D eigenvalue weighted by molar-refractivity contribution is 5.62. The minimum absolute atomic E-state index is 0.0420. The van der Waals surface area contributed by atoms with Gasteiger partial charge in [-0.3, -0.25) is 4.79 Å². The second-order valence-electron chi connectivity index (χ2n) is 5.16. The molecule has 1 heterocycles. The highest BCUT2D eigenvalue weighted by Gasteiger charge is 2.13. The summed E-state index contributed by atoms with van der Waals surface area (Å²) in [6, 6.07) is 9.54. The van der Waals surface area contributed by atoms with E-state index in [1.165, 1.54) is 0 Å². The fourth-order valence-corrected chi connectivity index (χ4v) is 2.51. The van der Waals surface area contributed by atoms with Crippen LogP contribution in [0.15, 0.2) is 35.1 Å². The fourth-order valence-electron chi connectivity index (χ4n) is 2.51. The molecule has 22 heavy (non-hydrogen) atoms. The molecule has 1 aromatic carbocycles. The summed E-state index contributed by atoms with van der Waals surface area (Å²) in [6.45, 7) is 2.62. The molecule has 3 N–H and O–H groups in total. The SMILES string of the molecule is COc1ccc(-c2cc(C)c(CN)c(=O)n2CCCO)cc1. The summed E-state index contributed by atoms with van der Waals surface area (Å²) >= 11 is 0. The van der Waals surface area contributed by atoms with Gasteiger partial charge in [0.25, 0.3) is 5.56 Å². The summed E-state index contributed by atoms with van der Waals surface area (Å²) in [5.74, 6) is 0.767. The zero-order valence-corrected chi connectivity index (χ0v) is 13.0. The molecule has 0 bridgehead atoms. The molecule has 118 valence electrons. The lowest BCUT2D eigenvalue weighted by Crippen LogP contribution is -2.28. The molecule has 0 radical (unpaired) electrons. The Kier molecular flexibility index (Phi) is 5.35. The molecule has 0 aliphatic rings. The first-order valence-corrected chi connectivity index (χ1v) is 7.31. The number of nitrogens with two attached hydrogens (primary N) is 1. The van der Waals surface area contributed by atoms with Crippen molar-refractivity contribution in [2.24, 2.45) is 5.73 Å². The normalized spacial score (nSPS) is 10.7. The lowest BCUT2D eigenvalue weighted by molar-refractivity contribution is 0.279. The summed E-state index contributed by atoms with van der Waals surface area (Å²) in [5, 5.41) is 9.07. The van der Waals surface area contributed by atoms with Crippen molar-refractivity contribution in [1.82, 2.24) is 4.57 Å². The molecule has 2 rings (SSSR count). The molecule has 0 aliphatic heterocycles. The maximum absolute atomic E-state index is 12.6. The molecule has 0 aliphatic carbocycles. The highest BCUT2D eigenvalue weighted by atomic mass is 16.5. The molecular formula is C17H22N2O3. The Morgan fingerprint density at radius 3 is 2.50 bits per heavy atom. The number of hydrogen-bond acceptors (Lipinski definition) is 4. The fraction of sp³-hybridized carbons (Fsp3) is 0.353. The van der Waals surface area contributed by atoms with E-state index in [2.05, 4.69) is 0 Å². The number of aliphatic hydroxyl groups excluding tert-OH is 1. The van der Waals surface area contributed by atoms with E-state index in [0.29, 0.717) is 18.5 Å². The lowest BCUT2D eigenvalue weighted by atomic mass is 10.0. The van der Waals surface area contributed by atoms with Crippen molar-refractivity contribution in [3.05, 3.63) is 51.8 Å². The summed E-state index contributed by atoms with van der Waals surface area (Å²) in [5.41, 5.74) is 8.89. The number of pyridine rings is 1. The Bertz CT molecular complexity index is 690. The summed E-state index contributed by atoms with van der Waals surface area (Å²) in [4.78, 5) is 12.6. The topological polar surface area (TPSA) is 77.5 Å². The number of rotatable bonds is 6. The first-order valence-electron chi connectivity index (χ1n) is 7.31. The number of aliphatic hydroxyl groups is 1. The van der Waals surface area contributed by atoms with Crippen LogP contribution in [0.1, 0.15) is 17.5 Å². The van der Waals surface area contributed by atoms with Crippen LogP contribution in [0, 0.1) is 6.92 Å². The van der Waals surface area contributed by atoms with Gasteiger partial charge in [-0.25, -0.2) is 0 Å². The minimum atomic E-state index is -0.0817. The maximum Gasteiger partial charge on any atom is 0.255 e. The Morgan fingerprint density at radius 1 is 1.27 bits per heavy atom. The van der Waals surface area contributed by atoms with Gasteiger partial charge in [0.05, 0.1) is 12.8 Å². The third kappa shape index (κ3) is 3.21. The van der Waals surface area contributed by atoms with E-state index >= 15 is 0 Å². The van der Waals surface area contributed by atoms with Crippen LogP contribution in [0.25, 0.3) is 11.3 Å². The van der Waals surface area contributed by atoms with Crippen LogP contribution in [0.4, 0.5) is 0 Å². The van der Waals surface area contributed by atoms with E-state index in [0.717, 1.165) is 22.6 Å². The molecule has 5 nitrogen and oxygen atoms in total. The minimum Gasteiger partial charge on any atom is -0.497 e. The van der Waals surface area contributed by atoms with Crippen molar-refractivity contribution in [3.63, 3.8) is 0 Å². The van der Waals surface area contributed by atoms with Crippen LogP contribution >= 0.6 is 0 Å². The van der Waals surface area contributed by atoms with Gasteiger partial charge in [0.2, 0.25) is 0 Å². The first kappa shape index (κ1) is 16.3. The average molecular weight is 302 g/mol. The maximum atomic E-state index is 12.6. The van der Waals surface area contributed by atoms with Crippen LogP contribution in [0.3, 0.4) is 0 Å². The Morgan fingerprint density at radius 2 is 1.95 bits per heavy atom. The van der Waals surface area contributed by atoms with Gasteiger partial charge in [0, 0.05) is 25.3 Å². The predicted octanol–water partition coefficient (Wildman–Crippen LogP) is 1.67. The summed E-state index contributed by atoms with van der Waals surface area (Å²) in [6.07, 6.45) is 0.524. The number of aromatic nitrogens is 1. The molecule has 0 amide bonds. The third-order valence-corrected chi connectivity index (χ3v) is 3.75. The number of benzene rings is 1. The van der Waals surface area contributed by atoms with Gasteiger partial charge in [-0.15, -0.1) is 0 Å². The standard InChI is InChI=1S/C17H22N2O3/c1-12-10-16(13-4-6-14(22-2)7-5-13)19(8-3-9-20)17(21)15(12)11-18/h4-7,10,20H,3,8-9,11,18H2,1-2H3. The number of aryl methyl sites for hydroxylation is 1. The second kappa shape index (κ2) is 7.24. The zero-order valence-electron chi connectivity index (χ0n) is 13.0. The number of nitrogens with zero attached hydrogens (tertiary/aromatic N) is 1. The van der Waals surface area contributed by atoms with Gasteiger partial charge >= 0.3 is 0 Å². The van der Waals surface area contributed by atoms with Crippen LogP contribution < -0.4 is 16.0 Å². The van der Waals surface area contributed by atoms with Crippen molar-refractivity contribution < 1.29 is 9.84 Å². The second-order valence-corrected chi connectivity index (χ2v) is 5.16. The van der Waals surface area contributed by atoms with Crippen molar-refractivity contribution in [2.75, 3.05) is 13.7 Å². The molecule has 0 atom stereocenters. The van der Waals surface area contributed by atoms with Gasteiger partial charge in [0.1, 0.15) is 5.75 Å². The van der Waals surface area contributed by atoms with Crippen LogP contribution in [0.2, 0.25) is 0 Å². The van der Waals surface area contributed by atoms with E-state index < -0.39 is 0 Å². The smallest absolute Gasteiger partial charge is 0.255 e. The van der Waals surface area contributed by atoms with E-state index in [-0.39, 0.29) is 18.7 Å². The molecular weight excluding hydrogens is 280 g/mol. The van der Waals surface area contributed by atoms with E-state index in [1.807, 2.05) is 37.3 Å². The van der Waals surface area contributed by atoms with E-state index in [4.69, 9.17) is 15.6 Å². The van der Waals surface area contributed by atoms with E-state index in [1.54, 1.807) is 11.7 Å². The monoisotopic (exact) mass is 302 g/mol. The quantitative estimate of drug-likeness (QED) is 0.851. The van der Waals surface area contributed by atoms with Crippen molar-refractivity contribution in [3.8, 4) is 17.0 Å². The largest absolute Gasteiger partial charge is 0.497 e. The van der Waals surface area contributed by atoms with Crippen LogP contribution in [-0.2, 0) is 13.1 Å². The number of methoxy groups -OCH3 is 1. The summed E-state index contributed by atoms with van der Waals surface area (Å²) < 4.78 is 6.85. The molecule has 0 saturated carbocycles. The average Bonchev–Trinajstić information content (AvgIpc) is 2.54. The first-order chi connectivity index (χ1) is 10.6. The van der Waals surface area contributed by atoms with Gasteiger partial charge in [-0.2, -0.15) is 0 Å². The molecule has 2 aromatic rings. The Balaban J connectivity index is 2.59. The third-order valence-electron chi connectivity index (χ3n) is 3.75. The van der Waals surface area contributed by atoms with Crippen LogP contribution in [-0.4, -0.2) is 23.4 Å². The van der Waals surface area contributed by atoms with Gasteiger partial charge in [-0.05, 0) is 54.8 Å². The molecule has 0 unspecified atom stereocenters. The van der Waals surface area contributed by atoms with Gasteiger partial charge in [0.15, 0.2) is 0 Å². The van der Waals surface area contributed by atoms with E-state index in [9.17, 15) is 4.79 Å². The van der Waals surface area contributed by atoms with Gasteiger partial charge < -0.3 is 20.1 Å².